The largest absolute Gasteiger partial charge is 0.425 e. The minimum atomic E-state index is 0.442. The summed E-state index contributed by atoms with van der Waals surface area (Å²) in [5.41, 5.74) is 0. The molecule has 7 heavy (non-hydrogen) atoms. The molecule has 1 fully saturated rings. The van der Waals surface area contributed by atoms with Gasteiger partial charge in [-0.1, -0.05) is 0 Å². The molecular weight excluding hydrogens is 108 g/mol. The SMILES string of the molecule is [SiH3]OCC1CCO1. The van der Waals surface area contributed by atoms with Gasteiger partial charge in [0.1, 0.15) is 10.5 Å². The van der Waals surface area contributed by atoms with Crippen LogP contribution in [0.2, 0.25) is 0 Å². The molecule has 0 saturated carbocycles. The summed E-state index contributed by atoms with van der Waals surface area (Å²) in [6, 6.07) is 0. The van der Waals surface area contributed by atoms with Crippen LogP contribution >= 0.6 is 0 Å². The fourth-order valence-corrected chi connectivity index (χ4v) is 0.974. The van der Waals surface area contributed by atoms with Crippen molar-refractivity contribution >= 4 is 10.5 Å². The Morgan fingerprint density at radius 3 is 2.71 bits per heavy atom. The molecule has 1 saturated heterocycles. The number of hydrogen-bond acceptors (Lipinski definition) is 2. The number of hydrogen-bond donors (Lipinski definition) is 0. The monoisotopic (exact) mass is 118 g/mol. The highest BCUT2D eigenvalue weighted by atomic mass is 28.2. The van der Waals surface area contributed by atoms with E-state index in [0.29, 0.717) is 6.10 Å². The first-order valence-electron chi connectivity index (χ1n) is 2.54. The molecule has 0 aromatic heterocycles. The lowest BCUT2D eigenvalue weighted by Gasteiger charge is -2.25. The van der Waals surface area contributed by atoms with Gasteiger partial charge in [-0.15, -0.1) is 0 Å². The van der Waals surface area contributed by atoms with Gasteiger partial charge in [0.25, 0.3) is 0 Å². The average Bonchev–Trinajstić information content (AvgIpc) is 1.55. The lowest BCUT2D eigenvalue weighted by Crippen LogP contribution is -2.30. The molecule has 0 radical (unpaired) electrons. The minimum absolute atomic E-state index is 0.442. The van der Waals surface area contributed by atoms with E-state index in [9.17, 15) is 0 Å². The number of ether oxygens (including phenoxy) is 1. The van der Waals surface area contributed by atoms with E-state index in [0.717, 1.165) is 23.7 Å². The lowest BCUT2D eigenvalue weighted by molar-refractivity contribution is -0.0710. The van der Waals surface area contributed by atoms with Crippen LogP contribution in [0, 0.1) is 0 Å². The van der Waals surface area contributed by atoms with Gasteiger partial charge in [0.15, 0.2) is 0 Å². The molecule has 0 aromatic carbocycles. The summed E-state index contributed by atoms with van der Waals surface area (Å²) in [5.74, 6) is 0. The van der Waals surface area contributed by atoms with Crippen molar-refractivity contribution in [3.63, 3.8) is 0 Å². The van der Waals surface area contributed by atoms with Crippen molar-refractivity contribution in [2.45, 2.75) is 12.5 Å². The third kappa shape index (κ3) is 1.26. The third-order valence-corrected chi connectivity index (χ3v) is 1.48. The molecule has 1 aliphatic heterocycles. The third-order valence-electron chi connectivity index (χ3n) is 1.15. The van der Waals surface area contributed by atoms with Gasteiger partial charge in [-0.05, 0) is 6.42 Å². The van der Waals surface area contributed by atoms with Gasteiger partial charge in [-0.2, -0.15) is 0 Å². The van der Waals surface area contributed by atoms with Crippen LogP contribution in [0.4, 0.5) is 0 Å². The Balaban J connectivity index is 1.93. The Labute approximate surface area is 46.3 Å². The van der Waals surface area contributed by atoms with Crippen molar-refractivity contribution in [1.29, 1.82) is 0 Å². The molecule has 1 unspecified atom stereocenters. The fraction of sp³-hybridized carbons (Fsp3) is 1.00. The van der Waals surface area contributed by atoms with Crippen molar-refractivity contribution in [2.24, 2.45) is 0 Å². The summed E-state index contributed by atoms with van der Waals surface area (Å²) in [6.45, 7) is 1.77. The second kappa shape index (κ2) is 2.45. The molecule has 0 bridgehead atoms. The smallest absolute Gasteiger partial charge is 0.146 e. The maximum atomic E-state index is 5.07. The van der Waals surface area contributed by atoms with Crippen LogP contribution in [-0.4, -0.2) is 29.8 Å². The maximum Gasteiger partial charge on any atom is 0.146 e. The van der Waals surface area contributed by atoms with E-state index in [1.54, 1.807) is 0 Å². The lowest BCUT2D eigenvalue weighted by atomic mass is 10.2. The Hall–Kier alpha value is 0.137. The van der Waals surface area contributed by atoms with Gasteiger partial charge in [-0.3, -0.25) is 0 Å². The van der Waals surface area contributed by atoms with E-state index in [1.165, 1.54) is 6.42 Å². The summed E-state index contributed by atoms with van der Waals surface area (Å²) >= 11 is 0. The van der Waals surface area contributed by atoms with Crippen molar-refractivity contribution in [1.82, 2.24) is 0 Å². The summed E-state index contributed by atoms with van der Waals surface area (Å²) in [5, 5.41) is 0. The topological polar surface area (TPSA) is 18.5 Å². The quantitative estimate of drug-likeness (QED) is 0.436. The van der Waals surface area contributed by atoms with Crippen LogP contribution in [-0.2, 0) is 9.16 Å². The van der Waals surface area contributed by atoms with Crippen molar-refractivity contribution in [3.8, 4) is 0 Å². The van der Waals surface area contributed by atoms with E-state index >= 15 is 0 Å². The molecule has 0 amide bonds. The molecule has 2 nitrogen and oxygen atoms in total. The van der Waals surface area contributed by atoms with Gasteiger partial charge < -0.3 is 9.16 Å². The Morgan fingerprint density at radius 2 is 2.57 bits per heavy atom. The standard InChI is InChI=1S/C4H10O2Si/c7-6-3-4-1-2-5-4/h4H,1-3H2,7H3. The zero-order valence-electron chi connectivity index (χ0n) is 4.52. The molecule has 42 valence electrons. The summed E-state index contributed by atoms with van der Waals surface area (Å²) in [7, 11) is 0.845. The number of rotatable bonds is 2. The first-order valence-corrected chi connectivity index (χ1v) is 3.35. The van der Waals surface area contributed by atoms with E-state index < -0.39 is 0 Å². The highest BCUT2D eigenvalue weighted by molar-refractivity contribution is 5.97. The second-order valence-corrected chi connectivity index (χ2v) is 2.31. The Morgan fingerprint density at radius 1 is 1.86 bits per heavy atom. The average molecular weight is 118 g/mol. The van der Waals surface area contributed by atoms with Gasteiger partial charge in [0.2, 0.25) is 0 Å². The molecule has 1 atom stereocenters. The molecule has 0 aliphatic carbocycles. The fourth-order valence-electron chi connectivity index (χ4n) is 0.602. The highest BCUT2D eigenvalue weighted by Crippen LogP contribution is 2.09. The van der Waals surface area contributed by atoms with Gasteiger partial charge >= 0.3 is 0 Å². The van der Waals surface area contributed by atoms with Gasteiger partial charge in [0.05, 0.1) is 12.7 Å². The molecule has 0 aromatic rings. The molecule has 1 aliphatic rings. The van der Waals surface area contributed by atoms with Crippen LogP contribution in [0.1, 0.15) is 6.42 Å². The molecule has 0 N–H and O–H groups in total. The van der Waals surface area contributed by atoms with E-state index in [1.807, 2.05) is 0 Å². The van der Waals surface area contributed by atoms with Gasteiger partial charge in [0, 0.05) is 6.61 Å². The zero-order valence-corrected chi connectivity index (χ0v) is 6.52. The van der Waals surface area contributed by atoms with Crippen LogP contribution in [0.5, 0.6) is 0 Å². The first kappa shape index (κ1) is 5.28. The van der Waals surface area contributed by atoms with Gasteiger partial charge in [-0.25, -0.2) is 0 Å². The Bertz CT molecular complexity index is 53.7. The predicted octanol–water partition coefficient (Wildman–Crippen LogP) is -0.928. The highest BCUT2D eigenvalue weighted by Gasteiger charge is 2.16. The normalized spacial score (nSPS) is 30.0. The van der Waals surface area contributed by atoms with Crippen molar-refractivity contribution in [3.05, 3.63) is 0 Å². The summed E-state index contributed by atoms with van der Waals surface area (Å²) in [4.78, 5) is 0. The van der Waals surface area contributed by atoms with Crippen LogP contribution in [0.15, 0.2) is 0 Å². The predicted molar refractivity (Wildman–Crippen MR) is 30.2 cm³/mol. The van der Waals surface area contributed by atoms with Crippen molar-refractivity contribution < 1.29 is 9.16 Å². The van der Waals surface area contributed by atoms with Crippen LogP contribution < -0.4 is 0 Å². The van der Waals surface area contributed by atoms with E-state index in [2.05, 4.69) is 0 Å². The molecule has 1 rings (SSSR count). The van der Waals surface area contributed by atoms with Crippen molar-refractivity contribution in [2.75, 3.05) is 13.2 Å². The second-order valence-electron chi connectivity index (χ2n) is 1.74. The van der Waals surface area contributed by atoms with Crippen LogP contribution in [0.25, 0.3) is 0 Å². The molecule has 1 heterocycles. The maximum absolute atomic E-state index is 5.07. The summed E-state index contributed by atoms with van der Waals surface area (Å²) < 4.78 is 10.0. The Kier molecular flexibility index (Phi) is 1.84. The minimum Gasteiger partial charge on any atom is -0.425 e. The van der Waals surface area contributed by atoms with E-state index in [-0.39, 0.29) is 0 Å². The molecular formula is C4H10O2Si. The zero-order chi connectivity index (χ0) is 5.11. The summed E-state index contributed by atoms with van der Waals surface area (Å²) in [6.07, 6.45) is 1.64. The molecule has 0 spiro atoms. The van der Waals surface area contributed by atoms with E-state index in [4.69, 9.17) is 9.16 Å². The van der Waals surface area contributed by atoms with Crippen LogP contribution in [0.3, 0.4) is 0 Å². The molecule has 3 heteroatoms. The first-order chi connectivity index (χ1) is 3.43.